The summed E-state index contributed by atoms with van der Waals surface area (Å²) in [6.45, 7) is 8.73. The fraction of sp³-hybridized carbons (Fsp3) is 0.615. The number of pyridine rings is 1. The smallest absolute Gasteiger partial charge is 0.141 e. The molecule has 2 heteroatoms. The van der Waals surface area contributed by atoms with Crippen LogP contribution in [-0.4, -0.2) is 11.1 Å². The molecule has 1 aromatic rings. The molecule has 0 aliphatic carbocycles. The van der Waals surface area contributed by atoms with E-state index in [1.807, 2.05) is 0 Å². The molecule has 82 valence electrons. The maximum atomic E-state index is 5.84. The first kappa shape index (κ1) is 10.5. The maximum absolute atomic E-state index is 5.84. The molecule has 2 nitrogen and oxygen atoms in total. The van der Waals surface area contributed by atoms with Crippen molar-refractivity contribution < 1.29 is 4.74 Å². The highest BCUT2D eigenvalue weighted by atomic mass is 16.5. The lowest BCUT2D eigenvalue weighted by atomic mass is 10.0. The summed E-state index contributed by atoms with van der Waals surface area (Å²) in [6.07, 6.45) is 1.28. The van der Waals surface area contributed by atoms with Crippen LogP contribution in [0.25, 0.3) is 0 Å². The number of fused-ring (bicyclic) bond motifs is 1. The third-order valence-electron chi connectivity index (χ3n) is 2.96. The number of hydrogen-bond donors (Lipinski definition) is 0. The number of ether oxygens (including phenoxy) is 1. The van der Waals surface area contributed by atoms with Gasteiger partial charge in [0.05, 0.1) is 5.69 Å². The molecule has 0 saturated heterocycles. The van der Waals surface area contributed by atoms with Crippen molar-refractivity contribution in [2.45, 2.75) is 46.1 Å². The van der Waals surface area contributed by atoms with Gasteiger partial charge in [-0.1, -0.05) is 27.7 Å². The van der Waals surface area contributed by atoms with Gasteiger partial charge >= 0.3 is 0 Å². The lowest BCUT2D eigenvalue weighted by Crippen LogP contribution is -2.19. The molecule has 0 aromatic carbocycles. The molecule has 1 atom stereocenters. The van der Waals surface area contributed by atoms with Crippen molar-refractivity contribution in [1.82, 2.24) is 4.98 Å². The van der Waals surface area contributed by atoms with E-state index in [1.165, 1.54) is 5.69 Å². The Morgan fingerprint density at radius 2 is 2.00 bits per heavy atom. The van der Waals surface area contributed by atoms with Crippen LogP contribution in [0.3, 0.4) is 0 Å². The molecule has 1 aliphatic rings. The van der Waals surface area contributed by atoms with E-state index in [0.717, 1.165) is 17.9 Å². The highest BCUT2D eigenvalue weighted by Gasteiger charge is 2.26. The van der Waals surface area contributed by atoms with Gasteiger partial charge < -0.3 is 4.74 Å². The Kier molecular flexibility index (Phi) is 2.68. The second kappa shape index (κ2) is 3.84. The van der Waals surface area contributed by atoms with E-state index in [4.69, 9.17) is 4.74 Å². The molecular weight excluding hydrogens is 186 g/mol. The average Bonchev–Trinajstić information content (AvgIpc) is 2.59. The van der Waals surface area contributed by atoms with Crippen molar-refractivity contribution in [3.63, 3.8) is 0 Å². The second-order valence-electron chi connectivity index (χ2n) is 4.94. The van der Waals surface area contributed by atoms with Gasteiger partial charge in [-0.25, -0.2) is 0 Å². The van der Waals surface area contributed by atoms with Crippen molar-refractivity contribution in [2.24, 2.45) is 5.92 Å². The van der Waals surface area contributed by atoms with E-state index in [2.05, 4.69) is 44.8 Å². The summed E-state index contributed by atoms with van der Waals surface area (Å²) in [4.78, 5) is 4.66. The summed E-state index contributed by atoms with van der Waals surface area (Å²) >= 11 is 0. The first-order valence-corrected chi connectivity index (χ1v) is 5.74. The summed E-state index contributed by atoms with van der Waals surface area (Å²) in [5.41, 5.74) is 2.31. The molecule has 1 unspecified atom stereocenters. The number of rotatable bonds is 2. The highest BCUT2D eigenvalue weighted by molar-refractivity contribution is 5.34. The van der Waals surface area contributed by atoms with Crippen molar-refractivity contribution in [3.8, 4) is 5.75 Å². The Balaban J connectivity index is 2.24. The standard InChI is InChI=1S/C13H19NO/c1-8(2)10-5-6-12-11(14-10)7-13(15-12)9(3)4/h5-6,8-9,13H,7H2,1-4H3. The molecule has 2 rings (SSSR count). The summed E-state index contributed by atoms with van der Waals surface area (Å²) in [6, 6.07) is 4.15. The molecule has 1 aliphatic heterocycles. The molecule has 0 spiro atoms. The van der Waals surface area contributed by atoms with Gasteiger partial charge in [-0.15, -0.1) is 0 Å². The summed E-state index contributed by atoms with van der Waals surface area (Å²) in [5, 5.41) is 0. The summed E-state index contributed by atoms with van der Waals surface area (Å²) < 4.78 is 5.84. The van der Waals surface area contributed by atoms with Crippen LogP contribution in [-0.2, 0) is 6.42 Å². The molecule has 15 heavy (non-hydrogen) atoms. The van der Waals surface area contributed by atoms with E-state index in [9.17, 15) is 0 Å². The Hall–Kier alpha value is -1.05. The Bertz CT molecular complexity index is 358. The van der Waals surface area contributed by atoms with Crippen molar-refractivity contribution in [2.75, 3.05) is 0 Å². The predicted octanol–water partition coefficient (Wildman–Crippen LogP) is 3.16. The van der Waals surface area contributed by atoms with E-state index < -0.39 is 0 Å². The third-order valence-corrected chi connectivity index (χ3v) is 2.96. The predicted molar refractivity (Wildman–Crippen MR) is 61.3 cm³/mol. The molecule has 2 heterocycles. The van der Waals surface area contributed by atoms with Crippen LogP contribution in [0, 0.1) is 5.92 Å². The minimum atomic E-state index is 0.315. The quantitative estimate of drug-likeness (QED) is 0.740. The summed E-state index contributed by atoms with van der Waals surface area (Å²) in [7, 11) is 0. The minimum Gasteiger partial charge on any atom is -0.488 e. The molecule has 0 amide bonds. The van der Waals surface area contributed by atoms with E-state index in [1.54, 1.807) is 0 Å². The Morgan fingerprint density at radius 1 is 1.27 bits per heavy atom. The first-order valence-electron chi connectivity index (χ1n) is 5.74. The van der Waals surface area contributed by atoms with Crippen LogP contribution in [0.15, 0.2) is 12.1 Å². The normalized spacial score (nSPS) is 19.5. The van der Waals surface area contributed by atoms with E-state index in [0.29, 0.717) is 17.9 Å². The number of aromatic nitrogens is 1. The zero-order valence-electron chi connectivity index (χ0n) is 9.95. The highest BCUT2D eigenvalue weighted by Crippen LogP contribution is 2.31. The molecule has 1 aromatic heterocycles. The van der Waals surface area contributed by atoms with Gasteiger partial charge in [-0.05, 0) is 24.0 Å². The molecule has 0 saturated carbocycles. The Labute approximate surface area is 91.7 Å². The fourth-order valence-corrected chi connectivity index (χ4v) is 1.85. The van der Waals surface area contributed by atoms with E-state index in [-0.39, 0.29) is 0 Å². The van der Waals surface area contributed by atoms with Crippen LogP contribution in [0.1, 0.15) is 45.0 Å². The van der Waals surface area contributed by atoms with Gasteiger partial charge in [0, 0.05) is 12.1 Å². The number of nitrogens with zero attached hydrogens (tertiary/aromatic N) is 1. The van der Waals surface area contributed by atoms with Crippen molar-refractivity contribution >= 4 is 0 Å². The van der Waals surface area contributed by atoms with Crippen LogP contribution in [0.2, 0.25) is 0 Å². The zero-order chi connectivity index (χ0) is 11.0. The van der Waals surface area contributed by atoms with Crippen LogP contribution < -0.4 is 4.74 Å². The third kappa shape index (κ3) is 1.99. The fourth-order valence-electron chi connectivity index (χ4n) is 1.85. The van der Waals surface area contributed by atoms with Gasteiger partial charge in [-0.2, -0.15) is 0 Å². The topological polar surface area (TPSA) is 22.1 Å². The minimum absolute atomic E-state index is 0.315. The van der Waals surface area contributed by atoms with Gasteiger partial charge in [-0.3, -0.25) is 4.98 Å². The Morgan fingerprint density at radius 3 is 2.60 bits per heavy atom. The van der Waals surface area contributed by atoms with Gasteiger partial charge in [0.15, 0.2) is 0 Å². The lowest BCUT2D eigenvalue weighted by Gasteiger charge is -2.13. The summed E-state index contributed by atoms with van der Waals surface area (Å²) in [5.74, 6) is 2.04. The van der Waals surface area contributed by atoms with Gasteiger partial charge in [0.1, 0.15) is 11.9 Å². The maximum Gasteiger partial charge on any atom is 0.141 e. The van der Waals surface area contributed by atoms with Crippen LogP contribution in [0.4, 0.5) is 0 Å². The molecular formula is C13H19NO. The largest absolute Gasteiger partial charge is 0.488 e. The monoisotopic (exact) mass is 205 g/mol. The first-order chi connectivity index (χ1) is 7.08. The number of hydrogen-bond acceptors (Lipinski definition) is 2. The molecule has 0 N–H and O–H groups in total. The van der Waals surface area contributed by atoms with Crippen molar-refractivity contribution in [3.05, 3.63) is 23.5 Å². The second-order valence-corrected chi connectivity index (χ2v) is 4.94. The van der Waals surface area contributed by atoms with Gasteiger partial charge in [0.25, 0.3) is 0 Å². The van der Waals surface area contributed by atoms with Crippen LogP contribution in [0.5, 0.6) is 5.75 Å². The van der Waals surface area contributed by atoms with Crippen molar-refractivity contribution in [1.29, 1.82) is 0 Å². The molecule has 0 fully saturated rings. The molecule has 0 radical (unpaired) electrons. The molecule has 0 bridgehead atoms. The van der Waals surface area contributed by atoms with E-state index >= 15 is 0 Å². The SMILES string of the molecule is CC(C)c1ccc2c(n1)CC(C(C)C)O2. The van der Waals surface area contributed by atoms with Crippen LogP contribution >= 0.6 is 0 Å². The average molecular weight is 205 g/mol. The lowest BCUT2D eigenvalue weighted by molar-refractivity contribution is 0.178. The van der Waals surface area contributed by atoms with Gasteiger partial charge in [0.2, 0.25) is 0 Å². The zero-order valence-corrected chi connectivity index (χ0v) is 9.95.